The molecule has 0 saturated heterocycles. The maximum Gasteiger partial charge on any atom is 0.127 e. The molecule has 3 heteroatoms. The van der Waals surface area contributed by atoms with Crippen LogP contribution >= 0.6 is 11.6 Å². The van der Waals surface area contributed by atoms with Crippen LogP contribution in [0.25, 0.3) is 0 Å². The van der Waals surface area contributed by atoms with E-state index < -0.39 is 0 Å². The largest absolute Gasteiger partial charge is 0.207 e. The van der Waals surface area contributed by atoms with Crippen LogP contribution in [0.2, 0.25) is 5.02 Å². The van der Waals surface area contributed by atoms with E-state index in [0.29, 0.717) is 28.5 Å². The molecule has 0 bridgehead atoms. The molecule has 0 heterocycles. The first-order valence-electron chi connectivity index (χ1n) is 7.81. The molecule has 22 heavy (non-hydrogen) atoms. The van der Waals surface area contributed by atoms with Gasteiger partial charge < -0.3 is 0 Å². The molecule has 0 N–H and O–H groups in total. The maximum atomic E-state index is 14.4. The lowest BCUT2D eigenvalue weighted by molar-refractivity contribution is 0.341. The maximum absolute atomic E-state index is 14.4. The molecule has 0 spiro atoms. The van der Waals surface area contributed by atoms with Gasteiger partial charge in [-0.3, -0.25) is 0 Å². The van der Waals surface area contributed by atoms with Crippen molar-refractivity contribution < 1.29 is 8.78 Å². The van der Waals surface area contributed by atoms with E-state index in [1.807, 2.05) is 24.3 Å². The van der Waals surface area contributed by atoms with Crippen molar-refractivity contribution in [3.05, 3.63) is 69.7 Å². The van der Waals surface area contributed by atoms with Crippen molar-refractivity contribution in [3.63, 3.8) is 0 Å². The monoisotopic (exact) mass is 320 g/mol. The minimum absolute atomic E-state index is 0.0330. The lowest BCUT2D eigenvalue weighted by Gasteiger charge is -2.34. The molecular weight excluding hydrogens is 302 g/mol. The van der Waals surface area contributed by atoms with Crippen LogP contribution in [0.3, 0.4) is 0 Å². The van der Waals surface area contributed by atoms with E-state index in [4.69, 9.17) is 11.6 Å². The highest BCUT2D eigenvalue weighted by molar-refractivity contribution is 6.30. The van der Waals surface area contributed by atoms with E-state index in [1.54, 1.807) is 0 Å². The predicted molar refractivity (Wildman–Crippen MR) is 86.4 cm³/mol. The zero-order valence-corrected chi connectivity index (χ0v) is 13.3. The second kappa shape index (κ2) is 6.37. The third-order valence-corrected chi connectivity index (χ3v) is 5.10. The quantitative estimate of drug-likeness (QED) is 0.658. The minimum Gasteiger partial charge on any atom is -0.207 e. The number of hydrogen-bond acceptors (Lipinski definition) is 0. The summed E-state index contributed by atoms with van der Waals surface area (Å²) in [6.45, 7) is 2.13. The number of hydrogen-bond donors (Lipinski definition) is 0. The van der Waals surface area contributed by atoms with Gasteiger partial charge in [0.05, 0.1) is 0 Å². The second-order valence-electron chi connectivity index (χ2n) is 6.07. The van der Waals surface area contributed by atoms with Crippen molar-refractivity contribution in [2.75, 3.05) is 0 Å². The normalized spacial score (nSPS) is 20.7. The van der Waals surface area contributed by atoms with Crippen LogP contribution in [0.1, 0.15) is 42.4 Å². The summed E-state index contributed by atoms with van der Waals surface area (Å²) in [5.41, 5.74) is 2.28. The summed E-state index contributed by atoms with van der Waals surface area (Å²) in [6.07, 6.45) is 3.26. The van der Waals surface area contributed by atoms with Crippen LogP contribution in [-0.2, 0) is 12.8 Å². The summed E-state index contributed by atoms with van der Waals surface area (Å²) >= 11 is 5.93. The molecule has 1 aliphatic rings. The zero-order valence-electron chi connectivity index (χ0n) is 12.6. The Morgan fingerprint density at radius 1 is 1.05 bits per heavy atom. The van der Waals surface area contributed by atoms with Crippen molar-refractivity contribution in [3.8, 4) is 0 Å². The summed E-state index contributed by atoms with van der Waals surface area (Å²) in [4.78, 5) is 0. The zero-order chi connectivity index (χ0) is 15.7. The molecular formula is C19H19ClF2. The van der Waals surface area contributed by atoms with Gasteiger partial charge in [0.2, 0.25) is 0 Å². The van der Waals surface area contributed by atoms with Crippen LogP contribution < -0.4 is 0 Å². The van der Waals surface area contributed by atoms with E-state index in [9.17, 15) is 8.78 Å². The Morgan fingerprint density at radius 2 is 1.73 bits per heavy atom. The Labute approximate surface area is 135 Å². The molecule has 0 radical (unpaired) electrons. The summed E-state index contributed by atoms with van der Waals surface area (Å²) in [6, 6.07) is 10.2. The number of rotatable bonds is 3. The summed E-state index contributed by atoms with van der Waals surface area (Å²) < 4.78 is 28.5. The van der Waals surface area contributed by atoms with Gasteiger partial charge in [0, 0.05) is 5.02 Å². The first-order valence-corrected chi connectivity index (χ1v) is 8.19. The smallest absolute Gasteiger partial charge is 0.127 e. The predicted octanol–water partition coefficient (Wildman–Crippen LogP) is 5.92. The van der Waals surface area contributed by atoms with Crippen molar-refractivity contribution in [1.82, 2.24) is 0 Å². The van der Waals surface area contributed by atoms with Crippen LogP contribution in [-0.4, -0.2) is 0 Å². The summed E-state index contributed by atoms with van der Waals surface area (Å²) in [5.74, 6) is -0.120. The summed E-state index contributed by atoms with van der Waals surface area (Å²) in [7, 11) is 0. The van der Waals surface area contributed by atoms with Gasteiger partial charge in [-0.15, -0.1) is 0 Å². The molecule has 2 atom stereocenters. The first-order chi connectivity index (χ1) is 10.6. The minimum atomic E-state index is -0.271. The molecule has 116 valence electrons. The number of fused-ring (bicyclic) bond motifs is 1. The van der Waals surface area contributed by atoms with Gasteiger partial charge >= 0.3 is 0 Å². The van der Waals surface area contributed by atoms with Crippen LogP contribution in [0, 0.1) is 17.6 Å². The van der Waals surface area contributed by atoms with E-state index >= 15 is 0 Å². The fraction of sp³-hybridized carbons (Fsp3) is 0.368. The third kappa shape index (κ3) is 2.89. The van der Waals surface area contributed by atoms with Gasteiger partial charge in [-0.05, 0) is 72.1 Å². The molecule has 0 saturated carbocycles. The molecule has 2 aromatic rings. The topological polar surface area (TPSA) is 0 Å². The van der Waals surface area contributed by atoms with Crippen molar-refractivity contribution in [2.45, 2.75) is 38.5 Å². The van der Waals surface area contributed by atoms with Gasteiger partial charge in [-0.1, -0.05) is 37.1 Å². The van der Waals surface area contributed by atoms with Crippen LogP contribution in [0.4, 0.5) is 8.78 Å². The van der Waals surface area contributed by atoms with E-state index in [-0.39, 0.29) is 17.6 Å². The van der Waals surface area contributed by atoms with Gasteiger partial charge in [-0.25, -0.2) is 8.78 Å². The fourth-order valence-electron chi connectivity index (χ4n) is 3.66. The molecule has 0 nitrogen and oxygen atoms in total. The van der Waals surface area contributed by atoms with Crippen LogP contribution in [0.5, 0.6) is 0 Å². The highest BCUT2D eigenvalue weighted by atomic mass is 35.5. The Morgan fingerprint density at radius 3 is 2.41 bits per heavy atom. The number of benzene rings is 2. The number of halogens is 3. The Kier molecular flexibility index (Phi) is 4.49. The Hall–Kier alpha value is -1.41. The standard InChI is InChI=1S/C19H19ClF2/c1-2-13-5-8-15-17(21)9-10-18(22)19(15)16(13)11-12-3-6-14(20)7-4-12/h3-4,6-7,9-10,13,16H,2,5,8,11H2,1H3/t13-,16-/m1/s1. The van der Waals surface area contributed by atoms with Crippen molar-refractivity contribution in [1.29, 1.82) is 0 Å². The molecule has 0 aromatic heterocycles. The van der Waals surface area contributed by atoms with E-state index in [1.165, 1.54) is 12.1 Å². The van der Waals surface area contributed by atoms with Gasteiger partial charge in [0.25, 0.3) is 0 Å². The Balaban J connectivity index is 2.01. The second-order valence-corrected chi connectivity index (χ2v) is 6.50. The highest BCUT2D eigenvalue weighted by Crippen LogP contribution is 2.42. The van der Waals surface area contributed by atoms with Crippen molar-refractivity contribution >= 4 is 11.6 Å². The lowest BCUT2D eigenvalue weighted by atomic mass is 9.71. The molecule has 3 rings (SSSR count). The fourth-order valence-corrected chi connectivity index (χ4v) is 3.79. The van der Waals surface area contributed by atoms with Crippen molar-refractivity contribution in [2.24, 2.45) is 5.92 Å². The molecule has 0 aliphatic heterocycles. The molecule has 2 aromatic carbocycles. The van der Waals surface area contributed by atoms with Gasteiger partial charge in [-0.2, -0.15) is 0 Å². The van der Waals surface area contributed by atoms with Crippen LogP contribution in [0.15, 0.2) is 36.4 Å². The molecule has 1 aliphatic carbocycles. The first kappa shape index (κ1) is 15.5. The lowest BCUT2D eigenvalue weighted by Crippen LogP contribution is -2.24. The van der Waals surface area contributed by atoms with Gasteiger partial charge in [0.1, 0.15) is 11.6 Å². The van der Waals surface area contributed by atoms with E-state index in [0.717, 1.165) is 24.8 Å². The third-order valence-electron chi connectivity index (χ3n) is 4.84. The average molecular weight is 321 g/mol. The molecule has 0 amide bonds. The SMILES string of the molecule is CC[C@@H]1CCc2c(F)ccc(F)c2[C@@H]1Cc1ccc(Cl)cc1. The van der Waals surface area contributed by atoms with E-state index in [2.05, 4.69) is 6.92 Å². The van der Waals surface area contributed by atoms with Gasteiger partial charge in [0.15, 0.2) is 0 Å². The highest BCUT2D eigenvalue weighted by Gasteiger charge is 2.32. The Bertz CT molecular complexity index is 664. The molecule has 0 unspecified atom stereocenters. The average Bonchev–Trinajstić information content (AvgIpc) is 2.53. The molecule has 0 fully saturated rings. The summed E-state index contributed by atoms with van der Waals surface area (Å²) in [5, 5.41) is 0.692.